The Morgan fingerprint density at radius 3 is 2.48 bits per heavy atom. The number of sulfonamides is 1. The summed E-state index contributed by atoms with van der Waals surface area (Å²) < 4.78 is 29.3. The van der Waals surface area contributed by atoms with Crippen molar-refractivity contribution in [3.63, 3.8) is 0 Å². The number of nitrogens with one attached hydrogen (secondary N) is 2. The first kappa shape index (κ1) is 16.9. The van der Waals surface area contributed by atoms with Gasteiger partial charge in [-0.3, -0.25) is 0 Å². The molecule has 4 nitrogen and oxygen atoms in total. The highest BCUT2D eigenvalue weighted by Gasteiger charge is 2.39. The van der Waals surface area contributed by atoms with E-state index in [0.717, 1.165) is 41.3 Å². The lowest BCUT2D eigenvalue weighted by Gasteiger charge is -2.41. The molecule has 1 saturated carbocycles. The number of hydrogen-bond donors (Lipinski definition) is 2. The first-order valence-corrected chi connectivity index (χ1v) is 9.59. The summed E-state index contributed by atoms with van der Waals surface area (Å²) in [5.41, 5.74) is 1.47. The molecule has 2 rings (SSSR count). The van der Waals surface area contributed by atoms with Gasteiger partial charge in [-0.15, -0.1) is 0 Å². The van der Waals surface area contributed by atoms with E-state index in [-0.39, 0.29) is 5.54 Å². The molecule has 0 atom stereocenters. The molecule has 2 N–H and O–H groups in total. The van der Waals surface area contributed by atoms with Gasteiger partial charge in [-0.1, -0.05) is 22.9 Å². The van der Waals surface area contributed by atoms with Gasteiger partial charge in [-0.2, -0.15) is 0 Å². The molecular formula is C15H23BrN2O2S. The van der Waals surface area contributed by atoms with E-state index in [9.17, 15) is 8.42 Å². The predicted molar refractivity (Wildman–Crippen MR) is 88.8 cm³/mol. The lowest BCUT2D eigenvalue weighted by atomic mass is 9.76. The van der Waals surface area contributed by atoms with Gasteiger partial charge in [0.05, 0.1) is 4.90 Å². The predicted octanol–water partition coefficient (Wildman–Crippen LogP) is 3.09. The van der Waals surface area contributed by atoms with E-state index >= 15 is 0 Å². The van der Waals surface area contributed by atoms with Crippen molar-refractivity contribution in [1.29, 1.82) is 0 Å². The second-order valence-electron chi connectivity index (χ2n) is 5.82. The third-order valence-electron chi connectivity index (χ3n) is 4.37. The maximum Gasteiger partial charge on any atom is 0.241 e. The summed E-state index contributed by atoms with van der Waals surface area (Å²) in [6.45, 7) is 4.52. The molecule has 0 saturated heterocycles. The van der Waals surface area contributed by atoms with E-state index in [1.54, 1.807) is 6.07 Å². The van der Waals surface area contributed by atoms with Crippen molar-refractivity contribution < 1.29 is 8.42 Å². The Morgan fingerprint density at radius 2 is 2.00 bits per heavy atom. The molecule has 0 heterocycles. The van der Waals surface area contributed by atoms with Crippen molar-refractivity contribution in [3.8, 4) is 0 Å². The Kier molecular flexibility index (Phi) is 5.13. The van der Waals surface area contributed by atoms with Gasteiger partial charge in [0.1, 0.15) is 0 Å². The van der Waals surface area contributed by atoms with E-state index in [2.05, 4.69) is 26.0 Å². The Morgan fingerprint density at radius 1 is 1.33 bits per heavy atom. The van der Waals surface area contributed by atoms with Crippen LogP contribution >= 0.6 is 15.9 Å². The number of hydrogen-bond acceptors (Lipinski definition) is 3. The van der Waals surface area contributed by atoms with Gasteiger partial charge >= 0.3 is 0 Å². The van der Waals surface area contributed by atoms with Crippen LogP contribution < -0.4 is 10.0 Å². The molecule has 21 heavy (non-hydrogen) atoms. The van der Waals surface area contributed by atoms with Crippen LogP contribution in [0.2, 0.25) is 0 Å². The molecule has 1 aliphatic rings. The maximum atomic E-state index is 12.8. The molecule has 1 aliphatic carbocycles. The van der Waals surface area contributed by atoms with Gasteiger partial charge in [0, 0.05) is 16.6 Å². The standard InChI is InChI=1S/C15H23BrN2O2S/c1-4-15(6-5-7-15)18-21(19,20)14-9-12(10-17-3)8-13(16)11(14)2/h8-9,17-18H,4-7,10H2,1-3H3. The summed E-state index contributed by atoms with van der Waals surface area (Å²) in [7, 11) is -1.64. The fourth-order valence-electron chi connectivity index (χ4n) is 2.76. The molecule has 0 unspecified atom stereocenters. The highest BCUT2D eigenvalue weighted by molar-refractivity contribution is 9.10. The normalized spacial score (nSPS) is 17.5. The Hall–Kier alpha value is -0.430. The monoisotopic (exact) mass is 374 g/mol. The van der Waals surface area contributed by atoms with Crippen LogP contribution in [0.3, 0.4) is 0 Å². The van der Waals surface area contributed by atoms with Crippen LogP contribution in [-0.4, -0.2) is 21.0 Å². The highest BCUT2D eigenvalue weighted by Crippen LogP contribution is 2.37. The first-order valence-electron chi connectivity index (χ1n) is 7.31. The topological polar surface area (TPSA) is 58.2 Å². The average molecular weight is 375 g/mol. The summed E-state index contributed by atoms with van der Waals surface area (Å²) in [4.78, 5) is 0.377. The number of benzene rings is 1. The Balaban J connectivity index is 2.39. The van der Waals surface area contributed by atoms with Gasteiger partial charge < -0.3 is 5.32 Å². The number of halogens is 1. The van der Waals surface area contributed by atoms with Crippen LogP contribution in [0.5, 0.6) is 0 Å². The molecule has 118 valence electrons. The second kappa shape index (κ2) is 6.36. The summed E-state index contributed by atoms with van der Waals surface area (Å²) in [6.07, 6.45) is 3.79. The van der Waals surface area contributed by atoms with Crippen molar-refractivity contribution in [1.82, 2.24) is 10.0 Å². The molecule has 0 bridgehead atoms. The molecule has 1 aromatic carbocycles. The zero-order valence-corrected chi connectivity index (χ0v) is 15.2. The molecule has 0 aromatic heterocycles. The SMILES string of the molecule is CCC1(NS(=O)(=O)c2cc(CNC)cc(Br)c2C)CCC1. The van der Waals surface area contributed by atoms with Gasteiger partial charge in [-0.05, 0) is 62.9 Å². The zero-order valence-electron chi connectivity index (χ0n) is 12.8. The van der Waals surface area contributed by atoms with Crippen LogP contribution in [0.4, 0.5) is 0 Å². The minimum atomic E-state index is -3.49. The van der Waals surface area contributed by atoms with Crippen LogP contribution in [0.25, 0.3) is 0 Å². The van der Waals surface area contributed by atoms with Crippen LogP contribution in [-0.2, 0) is 16.6 Å². The summed E-state index contributed by atoms with van der Waals surface area (Å²) in [5.74, 6) is 0. The van der Waals surface area contributed by atoms with E-state index in [1.807, 2.05) is 27.0 Å². The van der Waals surface area contributed by atoms with Crippen LogP contribution in [0, 0.1) is 6.92 Å². The second-order valence-corrected chi connectivity index (χ2v) is 8.33. The minimum absolute atomic E-state index is 0.239. The van der Waals surface area contributed by atoms with Gasteiger partial charge in [0.25, 0.3) is 0 Å². The molecule has 0 radical (unpaired) electrons. The van der Waals surface area contributed by atoms with E-state index < -0.39 is 10.0 Å². The molecule has 0 spiro atoms. The first-order chi connectivity index (χ1) is 9.83. The largest absolute Gasteiger partial charge is 0.316 e. The van der Waals surface area contributed by atoms with E-state index in [4.69, 9.17) is 0 Å². The zero-order chi connectivity index (χ0) is 15.7. The molecular weight excluding hydrogens is 352 g/mol. The fraction of sp³-hybridized carbons (Fsp3) is 0.600. The Bertz CT molecular complexity index is 619. The van der Waals surface area contributed by atoms with E-state index in [1.165, 1.54) is 0 Å². The number of rotatable bonds is 6. The summed E-state index contributed by atoms with van der Waals surface area (Å²) >= 11 is 3.47. The van der Waals surface area contributed by atoms with Crippen LogP contribution in [0.15, 0.2) is 21.5 Å². The van der Waals surface area contributed by atoms with Gasteiger partial charge in [0.15, 0.2) is 0 Å². The third kappa shape index (κ3) is 3.50. The third-order valence-corrected chi connectivity index (χ3v) is 6.89. The van der Waals surface area contributed by atoms with E-state index in [0.29, 0.717) is 11.4 Å². The molecule has 0 amide bonds. The lowest BCUT2D eigenvalue weighted by Crippen LogP contribution is -2.52. The summed E-state index contributed by atoms with van der Waals surface area (Å²) in [6, 6.07) is 3.73. The van der Waals surface area contributed by atoms with Crippen molar-refractivity contribution in [3.05, 3.63) is 27.7 Å². The molecule has 1 aromatic rings. The van der Waals surface area contributed by atoms with Crippen molar-refractivity contribution >= 4 is 26.0 Å². The average Bonchev–Trinajstić information content (AvgIpc) is 2.38. The molecule has 6 heteroatoms. The minimum Gasteiger partial charge on any atom is -0.316 e. The van der Waals surface area contributed by atoms with Crippen LogP contribution in [0.1, 0.15) is 43.7 Å². The molecule has 1 fully saturated rings. The van der Waals surface area contributed by atoms with Gasteiger partial charge in [-0.25, -0.2) is 13.1 Å². The molecule has 0 aliphatic heterocycles. The van der Waals surface area contributed by atoms with Crippen molar-refractivity contribution in [2.24, 2.45) is 0 Å². The lowest BCUT2D eigenvalue weighted by molar-refractivity contribution is 0.214. The summed E-state index contributed by atoms with van der Waals surface area (Å²) in [5, 5.41) is 3.06. The van der Waals surface area contributed by atoms with Gasteiger partial charge in [0.2, 0.25) is 10.0 Å². The van der Waals surface area contributed by atoms with Crippen molar-refractivity contribution in [2.75, 3.05) is 7.05 Å². The van der Waals surface area contributed by atoms with Crippen molar-refractivity contribution in [2.45, 2.75) is 56.5 Å². The smallest absolute Gasteiger partial charge is 0.241 e. The maximum absolute atomic E-state index is 12.8. The Labute approximate surface area is 135 Å². The fourth-order valence-corrected chi connectivity index (χ4v) is 5.25. The highest BCUT2D eigenvalue weighted by atomic mass is 79.9. The quantitative estimate of drug-likeness (QED) is 0.804.